The van der Waals surface area contributed by atoms with Gasteiger partial charge in [-0.3, -0.25) is 24.0 Å². The van der Waals surface area contributed by atoms with Crippen molar-refractivity contribution in [2.75, 3.05) is 26.8 Å². The highest BCUT2D eigenvalue weighted by atomic mass is 19.1. The molecule has 0 radical (unpaired) electrons. The van der Waals surface area contributed by atoms with Crippen molar-refractivity contribution < 1.29 is 42.9 Å². The molecular formula is C41H52FN7O9. The number of pyridine rings is 2. The second-order valence-electron chi connectivity index (χ2n) is 15.6. The lowest BCUT2D eigenvalue weighted by molar-refractivity contribution is -0.172. The van der Waals surface area contributed by atoms with Gasteiger partial charge in [0.05, 0.1) is 48.2 Å². The van der Waals surface area contributed by atoms with E-state index in [9.17, 15) is 33.9 Å². The van der Waals surface area contributed by atoms with Gasteiger partial charge in [-0.2, -0.15) is 0 Å². The van der Waals surface area contributed by atoms with Gasteiger partial charge >= 0.3 is 5.97 Å². The summed E-state index contributed by atoms with van der Waals surface area (Å²) in [5.41, 5.74) is 7.05. The van der Waals surface area contributed by atoms with Gasteiger partial charge in [0, 0.05) is 36.1 Å². The number of fused-ring (bicyclic) bond motifs is 5. The number of aromatic nitrogens is 2. The number of esters is 1. The van der Waals surface area contributed by atoms with Gasteiger partial charge in [-0.1, -0.05) is 20.8 Å². The monoisotopic (exact) mass is 805 g/mol. The molecule has 7 N–H and O–H groups in total. The van der Waals surface area contributed by atoms with Crippen LogP contribution in [-0.4, -0.2) is 83.1 Å². The average molecular weight is 806 g/mol. The van der Waals surface area contributed by atoms with Crippen LogP contribution in [0.25, 0.3) is 22.3 Å². The molecule has 6 rings (SSSR count). The smallest absolute Gasteiger partial charge is 0.343 e. The number of carbonyl (C=O) groups excluding carboxylic acids is 5. The molecule has 0 bridgehead atoms. The van der Waals surface area contributed by atoms with E-state index in [4.69, 9.17) is 20.2 Å². The standard InChI is InChI=1S/C41H52FN7O9/c1-6-41(56)25-15-30-36-23(18-49(30)39(54)24(25)19-58-40(41)55)34-27(11-10-22-21(4)26(42)16-29(46-36)33(22)34)45-32(51)17-44-37(52)28(9-7-8-13-43)47-38(53)35(20(2)3)48-31(50)12-14-57-5/h15-16,20,27-28,35,56H,6-14,17-19,43H2,1-5H3,(H,44,52)(H,45,51)(H,47,53)(H,48,50)/t27-,28-,35-,41-/m0/s1. The molecule has 0 fully saturated rings. The Kier molecular flexibility index (Phi) is 12.6. The number of nitrogens with two attached hydrogens (primary N) is 1. The predicted molar refractivity (Wildman–Crippen MR) is 210 cm³/mol. The Hall–Kier alpha value is -5.26. The molecule has 2 aliphatic heterocycles. The first-order valence-corrected chi connectivity index (χ1v) is 19.8. The lowest BCUT2D eigenvalue weighted by atomic mass is 9.81. The van der Waals surface area contributed by atoms with Crippen LogP contribution in [0, 0.1) is 18.7 Å². The van der Waals surface area contributed by atoms with Crippen LogP contribution >= 0.6 is 0 Å². The van der Waals surface area contributed by atoms with E-state index in [2.05, 4.69) is 21.3 Å². The van der Waals surface area contributed by atoms with Crippen LogP contribution in [0.3, 0.4) is 0 Å². The Morgan fingerprint density at radius 1 is 1.10 bits per heavy atom. The number of aliphatic hydroxyl groups is 1. The summed E-state index contributed by atoms with van der Waals surface area (Å²) in [4.78, 5) is 84.5. The maximum Gasteiger partial charge on any atom is 0.343 e. The first kappa shape index (κ1) is 42.3. The number of ether oxygens (including phenoxy) is 2. The van der Waals surface area contributed by atoms with Crippen LogP contribution in [0.15, 0.2) is 16.9 Å². The molecule has 4 atom stereocenters. The molecule has 58 heavy (non-hydrogen) atoms. The van der Waals surface area contributed by atoms with E-state index in [1.54, 1.807) is 33.8 Å². The van der Waals surface area contributed by atoms with Gasteiger partial charge < -0.3 is 46.1 Å². The van der Waals surface area contributed by atoms with E-state index in [1.165, 1.54) is 17.7 Å². The third-order valence-corrected chi connectivity index (χ3v) is 11.5. The second kappa shape index (κ2) is 17.3. The topological polar surface area (TPSA) is 233 Å². The van der Waals surface area contributed by atoms with Gasteiger partial charge in [-0.05, 0) is 80.7 Å². The fourth-order valence-electron chi connectivity index (χ4n) is 8.23. The number of unbranched alkanes of at least 4 members (excludes halogenated alkanes) is 1. The summed E-state index contributed by atoms with van der Waals surface area (Å²) >= 11 is 0. The highest BCUT2D eigenvalue weighted by Crippen LogP contribution is 2.46. The van der Waals surface area contributed by atoms with Crippen LogP contribution in [0.2, 0.25) is 0 Å². The van der Waals surface area contributed by atoms with E-state index in [0.717, 1.165) is 5.56 Å². The number of methoxy groups -OCH3 is 1. The Morgan fingerprint density at radius 3 is 2.55 bits per heavy atom. The molecule has 0 spiro atoms. The van der Waals surface area contributed by atoms with Crippen molar-refractivity contribution in [3.05, 3.63) is 61.7 Å². The third kappa shape index (κ3) is 7.94. The van der Waals surface area contributed by atoms with E-state index >= 15 is 4.39 Å². The Balaban J connectivity index is 1.26. The first-order chi connectivity index (χ1) is 27.6. The van der Waals surface area contributed by atoms with E-state index in [-0.39, 0.29) is 62.0 Å². The quantitative estimate of drug-likeness (QED) is 0.0703. The van der Waals surface area contributed by atoms with Crippen molar-refractivity contribution in [3.63, 3.8) is 0 Å². The van der Waals surface area contributed by atoms with Gasteiger partial charge in [-0.25, -0.2) is 14.2 Å². The highest BCUT2D eigenvalue weighted by molar-refractivity contribution is 5.95. The van der Waals surface area contributed by atoms with Crippen LogP contribution in [0.5, 0.6) is 0 Å². The summed E-state index contributed by atoms with van der Waals surface area (Å²) in [6.07, 6.45) is 2.20. The predicted octanol–water partition coefficient (Wildman–Crippen LogP) is 1.54. The molecule has 4 amide bonds. The van der Waals surface area contributed by atoms with E-state index < -0.39 is 65.3 Å². The SMILES string of the molecule is CC[C@@]1(O)C(=O)OCc2c1cc1n(c2=O)Cc2c-1nc1cc(F)c(C)c3c1c2[C@@H](NC(=O)CNC(=O)[C@H](CCCCN)NC(=O)[C@@H](NC(=O)CCOC)C(C)C)CC3. The maximum absolute atomic E-state index is 15.3. The second-order valence-corrected chi connectivity index (χ2v) is 15.6. The number of nitrogens with zero attached hydrogens (tertiary/aromatic N) is 2. The third-order valence-electron chi connectivity index (χ3n) is 11.5. The number of amides is 4. The summed E-state index contributed by atoms with van der Waals surface area (Å²) in [7, 11) is 1.47. The molecule has 3 aromatic rings. The van der Waals surface area contributed by atoms with Gasteiger partial charge in [0.2, 0.25) is 23.6 Å². The molecule has 17 heteroatoms. The fraction of sp³-hybridized carbons (Fsp3) is 0.537. The Labute approximate surface area is 334 Å². The molecule has 1 aromatic carbocycles. The number of hydrogen-bond acceptors (Lipinski definition) is 11. The van der Waals surface area contributed by atoms with Crippen LogP contribution in [0.4, 0.5) is 4.39 Å². The van der Waals surface area contributed by atoms with Crippen molar-refractivity contribution in [3.8, 4) is 11.4 Å². The molecule has 3 aliphatic rings. The van der Waals surface area contributed by atoms with Gasteiger partial charge in [-0.15, -0.1) is 0 Å². The van der Waals surface area contributed by atoms with Crippen LogP contribution < -0.4 is 32.6 Å². The Bertz CT molecular complexity index is 2220. The van der Waals surface area contributed by atoms with Crippen molar-refractivity contribution in [1.82, 2.24) is 30.8 Å². The number of cyclic esters (lactones) is 1. The van der Waals surface area contributed by atoms with Crippen molar-refractivity contribution in [2.24, 2.45) is 11.7 Å². The number of hydrogen-bond donors (Lipinski definition) is 6. The molecule has 0 saturated heterocycles. The minimum absolute atomic E-state index is 0.0315. The minimum Gasteiger partial charge on any atom is -0.458 e. The Morgan fingerprint density at radius 2 is 1.86 bits per heavy atom. The normalized spacial score (nSPS) is 18.8. The van der Waals surface area contributed by atoms with Crippen molar-refractivity contribution >= 4 is 40.5 Å². The largest absolute Gasteiger partial charge is 0.458 e. The average Bonchev–Trinajstić information content (AvgIpc) is 3.57. The zero-order valence-electron chi connectivity index (χ0n) is 33.5. The fourth-order valence-corrected chi connectivity index (χ4v) is 8.23. The molecule has 4 heterocycles. The molecule has 0 unspecified atom stereocenters. The summed E-state index contributed by atoms with van der Waals surface area (Å²) in [6.45, 7) is 6.76. The zero-order chi connectivity index (χ0) is 42.1. The molecular weight excluding hydrogens is 753 g/mol. The number of rotatable bonds is 16. The summed E-state index contributed by atoms with van der Waals surface area (Å²) in [5, 5.41) is 23.2. The summed E-state index contributed by atoms with van der Waals surface area (Å²) < 4.78 is 27.0. The number of aryl methyl sites for hydroxylation is 1. The number of carbonyl (C=O) groups is 5. The molecule has 2 aromatic heterocycles. The molecule has 1 aliphatic carbocycles. The number of halogens is 1. The highest BCUT2D eigenvalue weighted by Gasteiger charge is 2.46. The van der Waals surface area contributed by atoms with Crippen LogP contribution in [-0.2, 0) is 58.6 Å². The van der Waals surface area contributed by atoms with Gasteiger partial charge in [0.25, 0.3) is 5.56 Å². The minimum atomic E-state index is -2.03. The van der Waals surface area contributed by atoms with Gasteiger partial charge in [0.1, 0.15) is 24.5 Å². The lowest BCUT2D eigenvalue weighted by Crippen LogP contribution is -2.56. The molecule has 312 valence electrons. The zero-order valence-corrected chi connectivity index (χ0v) is 33.5. The van der Waals surface area contributed by atoms with Crippen molar-refractivity contribution in [1.29, 1.82) is 0 Å². The van der Waals surface area contributed by atoms with Crippen LogP contribution in [0.1, 0.15) is 98.7 Å². The summed E-state index contributed by atoms with van der Waals surface area (Å²) in [6, 6.07) is 0.363. The molecule has 0 saturated carbocycles. The van der Waals surface area contributed by atoms with Crippen molar-refractivity contribution in [2.45, 2.75) is 110 Å². The maximum atomic E-state index is 15.3. The van der Waals surface area contributed by atoms with E-state index in [0.29, 0.717) is 71.2 Å². The van der Waals surface area contributed by atoms with Gasteiger partial charge in [0.15, 0.2) is 5.60 Å². The lowest BCUT2D eigenvalue weighted by Gasteiger charge is -2.31. The summed E-state index contributed by atoms with van der Waals surface area (Å²) in [5.74, 6) is -3.62. The van der Waals surface area contributed by atoms with E-state index in [1.807, 2.05) is 0 Å². The first-order valence-electron chi connectivity index (χ1n) is 19.8. The number of nitrogens with one attached hydrogen (secondary N) is 4. The number of benzene rings is 1. The molecule has 16 nitrogen and oxygen atoms in total.